The first-order chi connectivity index (χ1) is 10.7. The van der Waals surface area contributed by atoms with Crippen LogP contribution in [0.1, 0.15) is 31.7 Å². The summed E-state index contributed by atoms with van der Waals surface area (Å²) in [5.74, 6) is 0. The Labute approximate surface area is 130 Å². The van der Waals surface area contributed by atoms with Gasteiger partial charge in [-0.25, -0.2) is 4.68 Å². The zero-order chi connectivity index (χ0) is 15.5. The minimum Gasteiger partial charge on any atom is -0.297 e. The lowest BCUT2D eigenvalue weighted by molar-refractivity contribution is 0.245. The fraction of sp³-hybridized carbons (Fsp3) is 0.353. The van der Waals surface area contributed by atoms with Crippen molar-refractivity contribution >= 4 is 5.57 Å². The highest BCUT2D eigenvalue weighted by Gasteiger charge is 2.21. The fourth-order valence-electron chi connectivity index (χ4n) is 2.72. The van der Waals surface area contributed by atoms with Gasteiger partial charge in [-0.05, 0) is 38.0 Å². The molecule has 0 saturated heterocycles. The van der Waals surface area contributed by atoms with Gasteiger partial charge in [-0.15, -0.1) is 5.10 Å². The maximum atomic E-state index is 9.53. The Hall–Kier alpha value is -2.45. The monoisotopic (exact) mass is 293 g/mol. The van der Waals surface area contributed by atoms with E-state index in [1.807, 2.05) is 30.3 Å². The second-order valence-corrected chi connectivity index (χ2v) is 5.71. The first-order valence-corrected chi connectivity index (χ1v) is 7.55. The average molecular weight is 293 g/mol. The Bertz CT molecular complexity index is 721. The highest BCUT2D eigenvalue weighted by molar-refractivity contribution is 5.67. The van der Waals surface area contributed by atoms with Gasteiger partial charge < -0.3 is 0 Å². The first-order valence-electron chi connectivity index (χ1n) is 7.55. The van der Waals surface area contributed by atoms with Crippen LogP contribution in [-0.4, -0.2) is 39.0 Å². The van der Waals surface area contributed by atoms with Crippen molar-refractivity contribution in [3.8, 4) is 11.8 Å². The van der Waals surface area contributed by atoms with Crippen LogP contribution in [0.2, 0.25) is 0 Å². The van der Waals surface area contributed by atoms with Crippen LogP contribution in [0.3, 0.4) is 0 Å². The van der Waals surface area contributed by atoms with E-state index in [9.17, 15) is 5.26 Å². The molecule has 0 unspecified atom stereocenters. The number of hydrogen-bond acceptors (Lipinski definition) is 4. The Morgan fingerprint density at radius 1 is 1.23 bits per heavy atom. The summed E-state index contributed by atoms with van der Waals surface area (Å²) >= 11 is 0. The number of nitrogens with zero attached hydrogens (tertiary/aromatic N) is 5. The van der Waals surface area contributed by atoms with Gasteiger partial charge in [0.05, 0.1) is 5.69 Å². The van der Waals surface area contributed by atoms with Crippen molar-refractivity contribution < 1.29 is 0 Å². The number of rotatable bonds is 3. The summed E-state index contributed by atoms with van der Waals surface area (Å²) in [7, 11) is 0. The van der Waals surface area contributed by atoms with E-state index in [4.69, 9.17) is 0 Å². The van der Waals surface area contributed by atoms with E-state index in [2.05, 4.69) is 41.2 Å². The number of nitriles is 1. The largest absolute Gasteiger partial charge is 0.297 e. The van der Waals surface area contributed by atoms with Crippen LogP contribution in [0.15, 0.2) is 36.4 Å². The molecule has 3 rings (SSSR count). The van der Waals surface area contributed by atoms with Crippen molar-refractivity contribution in [2.24, 2.45) is 0 Å². The molecule has 0 radical (unpaired) electrons. The van der Waals surface area contributed by atoms with Gasteiger partial charge in [0.25, 0.3) is 0 Å². The molecule has 0 spiro atoms. The zero-order valence-corrected chi connectivity index (χ0v) is 12.9. The smallest absolute Gasteiger partial charge is 0.172 e. The maximum Gasteiger partial charge on any atom is 0.172 e. The van der Waals surface area contributed by atoms with Crippen LogP contribution >= 0.6 is 0 Å². The van der Waals surface area contributed by atoms with Gasteiger partial charge >= 0.3 is 0 Å². The molecule has 1 aromatic heterocycles. The van der Waals surface area contributed by atoms with Crippen LogP contribution < -0.4 is 0 Å². The summed E-state index contributed by atoms with van der Waals surface area (Å²) in [5, 5.41) is 18.0. The molecule has 1 aliphatic rings. The van der Waals surface area contributed by atoms with Gasteiger partial charge in [-0.2, -0.15) is 5.26 Å². The third kappa shape index (κ3) is 2.66. The molecule has 0 amide bonds. The quantitative estimate of drug-likeness (QED) is 0.873. The SMILES string of the molecule is CC(C)N1CC=C(c2nnn(-c3ccccc3)c2C#N)CC1. The van der Waals surface area contributed by atoms with Gasteiger partial charge in [-0.3, -0.25) is 4.90 Å². The highest BCUT2D eigenvalue weighted by Crippen LogP contribution is 2.25. The van der Waals surface area contributed by atoms with E-state index in [-0.39, 0.29) is 0 Å². The molecule has 0 bridgehead atoms. The summed E-state index contributed by atoms with van der Waals surface area (Å²) in [4.78, 5) is 2.40. The minimum absolute atomic E-state index is 0.510. The number of benzene rings is 1. The standard InChI is InChI=1S/C17H19N5/c1-13(2)21-10-8-14(9-11-21)17-16(12-18)22(20-19-17)15-6-4-3-5-7-15/h3-8,13H,9-11H2,1-2H3. The molecule has 5 heteroatoms. The molecule has 1 aromatic carbocycles. The van der Waals surface area contributed by atoms with E-state index in [1.54, 1.807) is 4.68 Å². The Morgan fingerprint density at radius 3 is 2.59 bits per heavy atom. The van der Waals surface area contributed by atoms with Crippen LogP contribution in [0, 0.1) is 11.3 Å². The molecule has 5 nitrogen and oxygen atoms in total. The molecule has 1 aliphatic heterocycles. The number of aromatic nitrogens is 3. The van der Waals surface area contributed by atoms with Gasteiger partial charge in [-0.1, -0.05) is 29.5 Å². The number of hydrogen-bond donors (Lipinski definition) is 0. The van der Waals surface area contributed by atoms with Gasteiger partial charge in [0.1, 0.15) is 11.8 Å². The predicted octanol–water partition coefficient (Wildman–Crippen LogP) is 2.64. The molecular weight excluding hydrogens is 274 g/mol. The number of para-hydroxylation sites is 1. The van der Waals surface area contributed by atoms with Crippen molar-refractivity contribution in [2.75, 3.05) is 13.1 Å². The average Bonchev–Trinajstić information content (AvgIpc) is 2.99. The molecule has 0 saturated carbocycles. The lowest BCUT2D eigenvalue weighted by atomic mass is 10.0. The Kier molecular flexibility index (Phi) is 4.03. The van der Waals surface area contributed by atoms with Crippen LogP contribution in [0.25, 0.3) is 11.3 Å². The summed E-state index contributed by atoms with van der Waals surface area (Å²) < 4.78 is 1.62. The van der Waals surface area contributed by atoms with E-state index >= 15 is 0 Å². The normalized spacial score (nSPS) is 15.6. The van der Waals surface area contributed by atoms with Crippen molar-refractivity contribution in [1.29, 1.82) is 5.26 Å². The van der Waals surface area contributed by atoms with Gasteiger partial charge in [0.15, 0.2) is 5.69 Å². The van der Waals surface area contributed by atoms with Crippen molar-refractivity contribution in [3.05, 3.63) is 47.8 Å². The predicted molar refractivity (Wildman–Crippen MR) is 85.4 cm³/mol. The third-order valence-electron chi connectivity index (χ3n) is 4.05. The summed E-state index contributed by atoms with van der Waals surface area (Å²) in [6.45, 7) is 6.29. The fourth-order valence-corrected chi connectivity index (χ4v) is 2.72. The molecule has 2 heterocycles. The molecule has 0 aliphatic carbocycles. The molecule has 0 fully saturated rings. The summed E-state index contributed by atoms with van der Waals surface area (Å²) in [6.07, 6.45) is 3.07. The third-order valence-corrected chi connectivity index (χ3v) is 4.05. The van der Waals surface area contributed by atoms with Crippen LogP contribution in [0.5, 0.6) is 0 Å². The van der Waals surface area contributed by atoms with E-state index in [0.29, 0.717) is 11.7 Å². The lowest BCUT2D eigenvalue weighted by Gasteiger charge is -2.29. The van der Waals surface area contributed by atoms with Crippen LogP contribution in [0.4, 0.5) is 0 Å². The van der Waals surface area contributed by atoms with E-state index in [0.717, 1.165) is 36.5 Å². The van der Waals surface area contributed by atoms with E-state index < -0.39 is 0 Å². The first kappa shape index (κ1) is 14.5. The molecule has 22 heavy (non-hydrogen) atoms. The molecule has 0 N–H and O–H groups in total. The Balaban J connectivity index is 1.94. The van der Waals surface area contributed by atoms with Crippen molar-refractivity contribution in [1.82, 2.24) is 19.9 Å². The Morgan fingerprint density at radius 2 is 2.00 bits per heavy atom. The van der Waals surface area contributed by atoms with E-state index in [1.165, 1.54) is 0 Å². The molecule has 0 atom stereocenters. The van der Waals surface area contributed by atoms with Crippen molar-refractivity contribution in [2.45, 2.75) is 26.3 Å². The van der Waals surface area contributed by atoms with Crippen LogP contribution in [-0.2, 0) is 0 Å². The molecular formula is C17H19N5. The molecule has 2 aromatic rings. The second kappa shape index (κ2) is 6.12. The second-order valence-electron chi connectivity index (χ2n) is 5.71. The van der Waals surface area contributed by atoms with Crippen molar-refractivity contribution in [3.63, 3.8) is 0 Å². The lowest BCUT2D eigenvalue weighted by Crippen LogP contribution is -2.34. The van der Waals surface area contributed by atoms with Gasteiger partial charge in [0, 0.05) is 19.1 Å². The summed E-state index contributed by atoms with van der Waals surface area (Å²) in [6, 6.07) is 12.4. The molecule has 112 valence electrons. The maximum absolute atomic E-state index is 9.53. The minimum atomic E-state index is 0.510. The van der Waals surface area contributed by atoms with Gasteiger partial charge in [0.2, 0.25) is 0 Å². The zero-order valence-electron chi connectivity index (χ0n) is 12.9. The topological polar surface area (TPSA) is 57.7 Å². The highest BCUT2D eigenvalue weighted by atomic mass is 15.4. The summed E-state index contributed by atoms with van der Waals surface area (Å²) in [5.41, 5.74) is 3.21.